The van der Waals surface area contributed by atoms with Crippen LogP contribution in [0.2, 0.25) is 0 Å². The van der Waals surface area contributed by atoms with Crippen molar-refractivity contribution in [3.05, 3.63) is 24.3 Å². The monoisotopic (exact) mass is 185 g/mol. The number of amidine groups is 1. The molecule has 1 aromatic rings. The average Bonchev–Trinajstić information content (AvgIpc) is 2.61. The number of anilines is 1. The molecule has 3 rings (SSSR count). The maximum absolute atomic E-state index is 11.5. The van der Waals surface area contributed by atoms with E-state index in [0.29, 0.717) is 5.84 Å². The van der Waals surface area contributed by atoms with Crippen molar-refractivity contribution in [2.45, 2.75) is 0 Å². The minimum atomic E-state index is 0.0126. The zero-order chi connectivity index (χ0) is 9.54. The molecule has 2 heterocycles. The number of carbonyl (C=O) groups excluding carboxylic acids is 1. The van der Waals surface area contributed by atoms with Crippen molar-refractivity contribution in [1.29, 1.82) is 0 Å². The third-order valence-electron chi connectivity index (χ3n) is 2.30. The molecule has 4 nitrogen and oxygen atoms in total. The summed E-state index contributed by atoms with van der Waals surface area (Å²) in [6, 6.07) is 7.56. The highest BCUT2D eigenvalue weighted by Crippen LogP contribution is 2.32. The van der Waals surface area contributed by atoms with Crippen LogP contribution in [0.3, 0.4) is 0 Å². The summed E-state index contributed by atoms with van der Waals surface area (Å²) >= 11 is 0. The molecule has 14 heavy (non-hydrogen) atoms. The molecule has 0 N–H and O–H groups in total. The molecule has 1 amide bonds. The molecule has 0 saturated heterocycles. The molecule has 0 spiro atoms. The van der Waals surface area contributed by atoms with E-state index in [0.717, 1.165) is 11.4 Å². The van der Waals surface area contributed by atoms with Gasteiger partial charge in [-0.2, -0.15) is 0 Å². The molecule has 0 aliphatic carbocycles. The van der Waals surface area contributed by atoms with Crippen molar-refractivity contribution >= 4 is 29.3 Å². The van der Waals surface area contributed by atoms with Gasteiger partial charge < -0.3 is 0 Å². The molecule has 0 fully saturated rings. The SMILES string of the molecule is O=C1CN=C2C=Nc3ccccc3N12. The minimum Gasteiger partial charge on any atom is -0.272 e. The molecule has 1 aromatic carbocycles. The van der Waals surface area contributed by atoms with E-state index in [4.69, 9.17) is 0 Å². The van der Waals surface area contributed by atoms with Crippen molar-refractivity contribution in [2.75, 3.05) is 11.4 Å². The molecular formula is C10H7N3O. The highest BCUT2D eigenvalue weighted by Gasteiger charge is 2.29. The van der Waals surface area contributed by atoms with Crippen LogP contribution in [0.4, 0.5) is 11.4 Å². The van der Waals surface area contributed by atoms with Gasteiger partial charge in [-0.1, -0.05) is 12.1 Å². The van der Waals surface area contributed by atoms with Crippen LogP contribution in [0.5, 0.6) is 0 Å². The fourth-order valence-electron chi connectivity index (χ4n) is 1.66. The molecule has 0 radical (unpaired) electrons. The van der Waals surface area contributed by atoms with Gasteiger partial charge in [-0.15, -0.1) is 0 Å². The van der Waals surface area contributed by atoms with E-state index < -0.39 is 0 Å². The van der Waals surface area contributed by atoms with Crippen molar-refractivity contribution in [3.8, 4) is 0 Å². The molecular weight excluding hydrogens is 178 g/mol. The molecule has 2 aliphatic rings. The number of benzene rings is 1. The third-order valence-corrected chi connectivity index (χ3v) is 2.30. The smallest absolute Gasteiger partial charge is 0.254 e. The Balaban J connectivity index is 2.23. The largest absolute Gasteiger partial charge is 0.272 e. The summed E-state index contributed by atoms with van der Waals surface area (Å²) in [5.41, 5.74) is 1.65. The van der Waals surface area contributed by atoms with Gasteiger partial charge in [0, 0.05) is 0 Å². The van der Waals surface area contributed by atoms with E-state index in [-0.39, 0.29) is 12.5 Å². The van der Waals surface area contributed by atoms with Crippen molar-refractivity contribution < 1.29 is 4.79 Å². The number of hydrogen-bond acceptors (Lipinski definition) is 3. The number of rotatable bonds is 0. The first-order chi connectivity index (χ1) is 6.86. The number of fused-ring (bicyclic) bond motifs is 3. The van der Waals surface area contributed by atoms with Crippen LogP contribution < -0.4 is 4.90 Å². The fourth-order valence-corrected chi connectivity index (χ4v) is 1.66. The van der Waals surface area contributed by atoms with Gasteiger partial charge in [0.05, 0.1) is 17.6 Å². The third kappa shape index (κ3) is 0.849. The Hall–Kier alpha value is -1.97. The van der Waals surface area contributed by atoms with Gasteiger partial charge in [0.15, 0.2) is 5.84 Å². The lowest BCUT2D eigenvalue weighted by molar-refractivity contribution is -0.115. The van der Waals surface area contributed by atoms with Crippen LogP contribution in [0.15, 0.2) is 34.3 Å². The lowest BCUT2D eigenvalue weighted by atomic mass is 10.2. The summed E-state index contributed by atoms with van der Waals surface area (Å²) in [6.07, 6.45) is 1.63. The Kier molecular flexibility index (Phi) is 1.33. The molecule has 4 heteroatoms. The van der Waals surface area contributed by atoms with Gasteiger partial charge in [0.25, 0.3) is 5.91 Å². The van der Waals surface area contributed by atoms with Crippen LogP contribution in [-0.4, -0.2) is 24.5 Å². The molecule has 68 valence electrons. The Bertz CT molecular complexity index is 476. The van der Waals surface area contributed by atoms with E-state index in [1.54, 1.807) is 11.1 Å². The second kappa shape index (κ2) is 2.51. The van der Waals surface area contributed by atoms with Crippen LogP contribution in [0.25, 0.3) is 0 Å². The topological polar surface area (TPSA) is 45.0 Å². The summed E-state index contributed by atoms with van der Waals surface area (Å²) in [4.78, 5) is 21.4. The van der Waals surface area contributed by atoms with Crippen molar-refractivity contribution in [2.24, 2.45) is 9.98 Å². The maximum atomic E-state index is 11.5. The molecule has 0 bridgehead atoms. The highest BCUT2D eigenvalue weighted by molar-refractivity contribution is 6.46. The molecule has 0 atom stereocenters. The Morgan fingerprint density at radius 3 is 3.07 bits per heavy atom. The number of aliphatic imine (C=N–C) groups is 2. The van der Waals surface area contributed by atoms with Gasteiger partial charge in [-0.05, 0) is 12.1 Å². The number of hydrogen-bond donors (Lipinski definition) is 0. The first-order valence-corrected chi connectivity index (χ1v) is 4.37. The Morgan fingerprint density at radius 2 is 2.14 bits per heavy atom. The van der Waals surface area contributed by atoms with Crippen molar-refractivity contribution in [1.82, 2.24) is 0 Å². The second-order valence-electron chi connectivity index (χ2n) is 3.15. The zero-order valence-corrected chi connectivity index (χ0v) is 7.34. The average molecular weight is 185 g/mol. The van der Waals surface area contributed by atoms with Gasteiger partial charge in [-0.25, -0.2) is 0 Å². The second-order valence-corrected chi connectivity index (χ2v) is 3.15. The quantitative estimate of drug-likeness (QED) is 0.598. The first-order valence-electron chi connectivity index (χ1n) is 4.37. The predicted octanol–water partition coefficient (Wildman–Crippen LogP) is 1.15. The molecule has 0 aromatic heterocycles. The van der Waals surface area contributed by atoms with Crippen molar-refractivity contribution in [3.63, 3.8) is 0 Å². The summed E-state index contributed by atoms with van der Waals surface area (Å²) in [6.45, 7) is 0.232. The van der Waals surface area contributed by atoms with Gasteiger partial charge in [0.1, 0.15) is 6.54 Å². The minimum absolute atomic E-state index is 0.0126. The van der Waals surface area contributed by atoms with Gasteiger partial charge in [-0.3, -0.25) is 19.7 Å². The maximum Gasteiger partial charge on any atom is 0.254 e. The van der Waals surface area contributed by atoms with Crippen LogP contribution >= 0.6 is 0 Å². The van der Waals surface area contributed by atoms with E-state index in [1.807, 2.05) is 24.3 Å². The summed E-state index contributed by atoms with van der Waals surface area (Å²) in [5.74, 6) is 0.660. The molecule has 0 saturated carbocycles. The van der Waals surface area contributed by atoms with E-state index in [9.17, 15) is 4.79 Å². The lowest BCUT2D eigenvalue weighted by Gasteiger charge is -2.21. The van der Waals surface area contributed by atoms with E-state index in [1.165, 1.54) is 0 Å². The number of carbonyl (C=O) groups is 1. The van der Waals surface area contributed by atoms with E-state index >= 15 is 0 Å². The van der Waals surface area contributed by atoms with Gasteiger partial charge >= 0.3 is 0 Å². The van der Waals surface area contributed by atoms with Gasteiger partial charge in [0.2, 0.25) is 0 Å². The highest BCUT2D eigenvalue weighted by atomic mass is 16.2. The molecule has 0 unspecified atom stereocenters. The predicted molar refractivity (Wildman–Crippen MR) is 54.4 cm³/mol. The summed E-state index contributed by atoms with van der Waals surface area (Å²) in [5, 5.41) is 0. The van der Waals surface area contributed by atoms with Crippen LogP contribution in [0, 0.1) is 0 Å². The standard InChI is InChI=1S/C10H7N3O/c14-10-6-12-9-5-11-7-3-1-2-4-8(7)13(9)10/h1-5H,6H2. The molecule has 2 aliphatic heterocycles. The Morgan fingerprint density at radius 1 is 1.29 bits per heavy atom. The number of para-hydroxylation sites is 2. The first kappa shape index (κ1) is 7.44. The lowest BCUT2D eigenvalue weighted by Crippen LogP contribution is -2.34. The van der Waals surface area contributed by atoms with Crippen LogP contribution in [0.1, 0.15) is 0 Å². The van der Waals surface area contributed by atoms with E-state index in [2.05, 4.69) is 9.98 Å². The summed E-state index contributed by atoms with van der Waals surface area (Å²) < 4.78 is 0. The number of nitrogens with zero attached hydrogens (tertiary/aromatic N) is 3. The Labute approximate surface area is 80.6 Å². The number of amides is 1. The zero-order valence-electron chi connectivity index (χ0n) is 7.34. The normalized spacial score (nSPS) is 17.9. The van der Waals surface area contributed by atoms with Crippen LogP contribution in [-0.2, 0) is 4.79 Å². The summed E-state index contributed by atoms with van der Waals surface area (Å²) in [7, 11) is 0. The fraction of sp³-hybridized carbons (Fsp3) is 0.100.